The van der Waals surface area contributed by atoms with Crippen LogP contribution in [0.5, 0.6) is 0 Å². The summed E-state index contributed by atoms with van der Waals surface area (Å²) in [4.78, 5) is 11.5. The highest BCUT2D eigenvalue weighted by molar-refractivity contribution is 5.79. The third kappa shape index (κ3) is 12.9. The monoisotopic (exact) mass is 366 g/mol. The van der Waals surface area contributed by atoms with Gasteiger partial charge >= 0.3 is 0 Å². The molecule has 154 valence electrons. The van der Waals surface area contributed by atoms with Gasteiger partial charge in [-0.3, -0.25) is 4.79 Å². The third-order valence-electron chi connectivity index (χ3n) is 5.75. The van der Waals surface area contributed by atoms with E-state index < -0.39 is 0 Å². The van der Waals surface area contributed by atoms with Crippen molar-refractivity contribution in [1.29, 1.82) is 0 Å². The summed E-state index contributed by atoms with van der Waals surface area (Å²) in [7, 11) is 0. The molecular weight excluding hydrogens is 320 g/mol. The van der Waals surface area contributed by atoms with Gasteiger partial charge in [0, 0.05) is 6.42 Å². The Balaban J connectivity index is 0.000000273. The highest BCUT2D eigenvalue weighted by Crippen LogP contribution is 2.32. The predicted molar refractivity (Wildman–Crippen MR) is 113 cm³/mol. The van der Waals surface area contributed by atoms with Gasteiger partial charge in [-0.2, -0.15) is 0 Å². The largest absolute Gasteiger partial charge is 0.368 e. The van der Waals surface area contributed by atoms with Gasteiger partial charge in [-0.15, -0.1) is 0 Å². The fourth-order valence-electron chi connectivity index (χ4n) is 3.97. The minimum absolute atomic E-state index is 0.191. The van der Waals surface area contributed by atoms with E-state index in [9.17, 15) is 4.79 Å². The molecule has 0 N–H and O–H groups in total. The van der Waals surface area contributed by atoms with Gasteiger partial charge in [0.1, 0.15) is 6.61 Å². The second-order valence-corrected chi connectivity index (χ2v) is 10.9. The maximum Gasteiger partial charge on any atom is 0.158 e. The molecule has 2 saturated carbocycles. The van der Waals surface area contributed by atoms with Crippen LogP contribution in [0.2, 0.25) is 0 Å². The molecule has 2 rings (SSSR count). The van der Waals surface area contributed by atoms with Crippen molar-refractivity contribution in [2.75, 3.05) is 6.61 Å². The van der Waals surface area contributed by atoms with Crippen molar-refractivity contribution in [2.24, 2.45) is 17.3 Å². The molecule has 2 aliphatic carbocycles. The summed E-state index contributed by atoms with van der Waals surface area (Å²) in [6.45, 7) is 13.3. The SMILES string of the molecule is CC(C)(C)CCC1CCCC1.CC(C)(C)OCC(=O)CCC1CCCC1. The van der Waals surface area contributed by atoms with Crippen molar-refractivity contribution >= 4 is 5.78 Å². The molecule has 0 heterocycles. The van der Waals surface area contributed by atoms with E-state index in [2.05, 4.69) is 20.8 Å². The van der Waals surface area contributed by atoms with Gasteiger partial charge in [0.25, 0.3) is 0 Å². The zero-order valence-electron chi connectivity index (χ0n) is 18.7. The number of ketones is 1. The maximum absolute atomic E-state index is 11.5. The van der Waals surface area contributed by atoms with Crippen LogP contribution in [0.25, 0.3) is 0 Å². The van der Waals surface area contributed by atoms with Crippen LogP contribution in [-0.2, 0) is 9.53 Å². The van der Waals surface area contributed by atoms with Crippen molar-refractivity contribution in [2.45, 2.75) is 124 Å². The number of carbonyl (C=O) groups excluding carboxylic acids is 1. The molecule has 0 aromatic carbocycles. The Bertz CT molecular complexity index is 374. The van der Waals surface area contributed by atoms with E-state index in [1.165, 1.54) is 64.2 Å². The standard InChI is InChI=1S/C13H24O2.C11H22/c1-13(2,3)15-10-12(14)9-8-11-6-4-5-7-11;1-11(2,3)9-8-10-6-4-5-7-10/h11H,4-10H2,1-3H3;10H,4-9H2,1-3H3. The number of rotatable bonds is 7. The fourth-order valence-corrected chi connectivity index (χ4v) is 3.97. The Labute approximate surface area is 163 Å². The molecule has 0 amide bonds. The van der Waals surface area contributed by atoms with Gasteiger partial charge in [0.2, 0.25) is 0 Å². The Hall–Kier alpha value is -0.370. The topological polar surface area (TPSA) is 26.3 Å². The first-order chi connectivity index (χ1) is 12.1. The second kappa shape index (κ2) is 11.5. The summed E-state index contributed by atoms with van der Waals surface area (Å²) < 4.78 is 5.46. The molecule has 2 fully saturated rings. The molecule has 0 atom stereocenters. The van der Waals surface area contributed by atoms with Crippen LogP contribution in [0.3, 0.4) is 0 Å². The lowest BCUT2D eigenvalue weighted by atomic mass is 9.86. The molecule has 0 bridgehead atoms. The lowest BCUT2D eigenvalue weighted by molar-refractivity contribution is -0.128. The zero-order valence-corrected chi connectivity index (χ0v) is 18.7. The van der Waals surface area contributed by atoms with Crippen LogP contribution in [0.1, 0.15) is 119 Å². The minimum Gasteiger partial charge on any atom is -0.368 e. The van der Waals surface area contributed by atoms with Crippen molar-refractivity contribution in [3.05, 3.63) is 0 Å². The number of ether oxygens (including phenoxy) is 1. The first-order valence-corrected chi connectivity index (χ1v) is 11.2. The number of carbonyl (C=O) groups is 1. The van der Waals surface area contributed by atoms with E-state index in [0.717, 1.165) is 18.3 Å². The summed E-state index contributed by atoms with van der Waals surface area (Å²) >= 11 is 0. The quantitative estimate of drug-likeness (QED) is 0.471. The van der Waals surface area contributed by atoms with Gasteiger partial charge < -0.3 is 4.74 Å². The molecule has 2 nitrogen and oxygen atoms in total. The van der Waals surface area contributed by atoms with Crippen LogP contribution >= 0.6 is 0 Å². The van der Waals surface area contributed by atoms with E-state index >= 15 is 0 Å². The molecule has 0 unspecified atom stereocenters. The molecule has 26 heavy (non-hydrogen) atoms. The number of hydrogen-bond acceptors (Lipinski definition) is 2. The maximum atomic E-state index is 11.5. The number of hydrogen-bond donors (Lipinski definition) is 0. The molecule has 0 radical (unpaired) electrons. The fraction of sp³-hybridized carbons (Fsp3) is 0.958. The molecule has 0 saturated heterocycles. The van der Waals surface area contributed by atoms with Gasteiger partial charge in [-0.05, 0) is 57.3 Å². The van der Waals surface area contributed by atoms with Crippen LogP contribution in [0.4, 0.5) is 0 Å². The average molecular weight is 367 g/mol. The van der Waals surface area contributed by atoms with E-state index in [-0.39, 0.29) is 18.0 Å². The molecule has 0 spiro atoms. The summed E-state index contributed by atoms with van der Waals surface area (Å²) in [5.74, 6) is 2.15. The Kier molecular flexibility index (Phi) is 10.4. The predicted octanol–water partition coefficient (Wildman–Crippen LogP) is 7.34. The van der Waals surface area contributed by atoms with Crippen LogP contribution in [0, 0.1) is 17.3 Å². The molecule has 2 aliphatic rings. The molecule has 0 aliphatic heterocycles. The zero-order chi connectivity index (χ0) is 19.6. The highest BCUT2D eigenvalue weighted by Gasteiger charge is 2.19. The molecule has 0 aromatic rings. The Morgan fingerprint density at radius 2 is 1.27 bits per heavy atom. The summed E-state index contributed by atoms with van der Waals surface area (Å²) in [5, 5.41) is 0. The highest BCUT2D eigenvalue weighted by atomic mass is 16.5. The smallest absolute Gasteiger partial charge is 0.158 e. The second-order valence-electron chi connectivity index (χ2n) is 10.9. The van der Waals surface area contributed by atoms with Crippen molar-refractivity contribution in [3.63, 3.8) is 0 Å². The lowest BCUT2D eigenvalue weighted by Gasteiger charge is -2.20. The van der Waals surface area contributed by atoms with E-state index in [1.807, 2.05) is 20.8 Å². The lowest BCUT2D eigenvalue weighted by Crippen LogP contribution is -2.23. The van der Waals surface area contributed by atoms with Gasteiger partial charge in [-0.25, -0.2) is 0 Å². The molecule has 0 aromatic heterocycles. The van der Waals surface area contributed by atoms with E-state index in [1.54, 1.807) is 0 Å². The Morgan fingerprint density at radius 3 is 1.69 bits per heavy atom. The average Bonchev–Trinajstić information content (AvgIpc) is 3.21. The van der Waals surface area contributed by atoms with E-state index in [0.29, 0.717) is 11.8 Å². The molecule has 2 heteroatoms. The van der Waals surface area contributed by atoms with Crippen molar-refractivity contribution in [1.82, 2.24) is 0 Å². The molecular formula is C24H46O2. The van der Waals surface area contributed by atoms with Crippen LogP contribution < -0.4 is 0 Å². The van der Waals surface area contributed by atoms with Crippen LogP contribution in [-0.4, -0.2) is 18.0 Å². The summed E-state index contributed by atoms with van der Waals surface area (Å²) in [6.07, 6.45) is 16.1. The van der Waals surface area contributed by atoms with E-state index in [4.69, 9.17) is 4.74 Å². The van der Waals surface area contributed by atoms with Crippen LogP contribution in [0.15, 0.2) is 0 Å². The van der Waals surface area contributed by atoms with Crippen molar-refractivity contribution in [3.8, 4) is 0 Å². The minimum atomic E-state index is -0.191. The first kappa shape index (κ1) is 23.7. The Morgan fingerprint density at radius 1 is 0.808 bits per heavy atom. The van der Waals surface area contributed by atoms with Gasteiger partial charge in [0.15, 0.2) is 5.78 Å². The number of Topliss-reactive ketones (excluding diaryl/α,β-unsaturated/α-hetero) is 1. The first-order valence-electron chi connectivity index (χ1n) is 11.2. The van der Waals surface area contributed by atoms with Crippen molar-refractivity contribution < 1.29 is 9.53 Å². The normalized spacial score (nSPS) is 19.5. The van der Waals surface area contributed by atoms with Gasteiger partial charge in [-0.1, -0.05) is 72.1 Å². The van der Waals surface area contributed by atoms with Gasteiger partial charge in [0.05, 0.1) is 5.60 Å². The summed E-state index contributed by atoms with van der Waals surface area (Å²) in [6, 6.07) is 0. The summed E-state index contributed by atoms with van der Waals surface area (Å²) in [5.41, 5.74) is 0.367. The third-order valence-corrected chi connectivity index (χ3v) is 5.75.